The first-order valence-electron chi connectivity index (χ1n) is 12.3. The maximum Gasteiger partial charge on any atom is -1.00 e. The van der Waals surface area contributed by atoms with Crippen LogP contribution in [-0.2, 0) is 33.9 Å². The molecule has 0 fully saturated rings. The largest absolute Gasteiger partial charge is 1.00 e. The molecule has 3 aromatic carbocycles. The molecule has 2 aliphatic carbocycles. The van der Waals surface area contributed by atoms with Crippen molar-refractivity contribution in [3.05, 3.63) is 88.5 Å². The van der Waals surface area contributed by atoms with Gasteiger partial charge in [-0.25, -0.2) is 0 Å². The average Bonchev–Trinajstić information content (AvgIpc) is 3.07. The van der Waals surface area contributed by atoms with E-state index in [0.717, 1.165) is 5.76 Å². The Balaban J connectivity index is 0.00000152. The van der Waals surface area contributed by atoms with Gasteiger partial charge in [0, 0.05) is 0 Å². The van der Waals surface area contributed by atoms with Crippen molar-refractivity contribution in [2.45, 2.75) is 42.3 Å². The Hall–Kier alpha value is -0.943. The van der Waals surface area contributed by atoms with E-state index in [2.05, 4.69) is 93.4 Å². The van der Waals surface area contributed by atoms with Gasteiger partial charge in [-0.15, -0.1) is 0 Å². The van der Waals surface area contributed by atoms with Gasteiger partial charge in [-0.2, -0.15) is 0 Å². The van der Waals surface area contributed by atoms with Crippen molar-refractivity contribution in [3.63, 3.8) is 0 Å². The normalized spacial score (nSPS) is 19.7. The molecule has 0 saturated heterocycles. The van der Waals surface area contributed by atoms with Gasteiger partial charge in [0.2, 0.25) is 0 Å². The summed E-state index contributed by atoms with van der Waals surface area (Å²) in [5, 5.41) is 3.36. The van der Waals surface area contributed by atoms with Gasteiger partial charge < -0.3 is 24.8 Å². The molecule has 0 radical (unpaired) electrons. The predicted octanol–water partition coefficient (Wildman–Crippen LogP) is -0.198. The summed E-state index contributed by atoms with van der Waals surface area (Å²) in [5.74, 6) is 1.31. The molecule has 1 heterocycles. The van der Waals surface area contributed by atoms with Gasteiger partial charge in [0.25, 0.3) is 0 Å². The van der Waals surface area contributed by atoms with E-state index in [-0.39, 0.29) is 30.7 Å². The first-order valence-corrected chi connectivity index (χ1v) is 20.1. The summed E-state index contributed by atoms with van der Waals surface area (Å²) in [6.07, 6.45) is 2.41. The van der Waals surface area contributed by atoms with E-state index in [9.17, 15) is 0 Å². The number of hydrogen-bond acceptors (Lipinski definition) is 2. The Morgan fingerprint density at radius 2 is 1.47 bits per heavy atom. The summed E-state index contributed by atoms with van der Waals surface area (Å²) in [6, 6.07) is 20.5. The Labute approximate surface area is 244 Å². The molecule has 0 amide bonds. The topological polar surface area (TPSA) is 18.5 Å². The van der Waals surface area contributed by atoms with Crippen molar-refractivity contribution < 1.29 is 58.7 Å². The van der Waals surface area contributed by atoms with Gasteiger partial charge in [-0.05, 0) is 0 Å². The van der Waals surface area contributed by atoms with E-state index in [0.29, 0.717) is 16.8 Å². The van der Waals surface area contributed by atoms with Crippen molar-refractivity contribution in [2.24, 2.45) is 0 Å². The Kier molecular flexibility index (Phi) is 7.79. The van der Waals surface area contributed by atoms with E-state index in [1.165, 1.54) is 27.8 Å². The fraction of sp³-hybridized carbons (Fsp3) is 0.310. The van der Waals surface area contributed by atoms with Crippen molar-refractivity contribution in [2.75, 3.05) is 13.2 Å². The summed E-state index contributed by atoms with van der Waals surface area (Å²) in [5.41, 5.74) is 10.3. The molecule has 36 heavy (non-hydrogen) atoms. The standard InChI is InChI=1S/C29H31O2Si2.2ClH.Zr/c1-32(2,3)31-15-14-30-26-17-25(21-12-8-9-13-22(21)26)28-24-16-19-10-6-7-11-20(19)23(24)18-27-29(28)33(27,4)5;;;/h6-13,16-18,25H,14-15H2,1-5H3;2*1H;/q;;;+2/p-2. The van der Waals surface area contributed by atoms with Crippen molar-refractivity contribution in [3.8, 4) is 11.1 Å². The van der Waals surface area contributed by atoms with Gasteiger partial charge in [0.15, 0.2) is 0 Å². The van der Waals surface area contributed by atoms with Crippen molar-refractivity contribution in [1.82, 2.24) is 0 Å². The van der Waals surface area contributed by atoms with Crippen LogP contribution >= 0.6 is 0 Å². The second kappa shape index (κ2) is 9.98. The third-order valence-electron chi connectivity index (χ3n) is 7.56. The molecule has 0 aromatic heterocycles. The van der Waals surface area contributed by atoms with Gasteiger partial charge >= 0.3 is 222 Å². The molecular formula is C29H31Cl2O2Si2Zr. The van der Waals surface area contributed by atoms with Crippen LogP contribution in [0, 0.1) is 0 Å². The average molecular weight is 630 g/mol. The molecule has 7 heteroatoms. The van der Waals surface area contributed by atoms with E-state index >= 15 is 0 Å². The molecule has 6 rings (SSSR count). The smallest absolute Gasteiger partial charge is 1.00 e. The molecule has 185 valence electrons. The van der Waals surface area contributed by atoms with Crippen LogP contribution in [0.4, 0.5) is 0 Å². The minimum absolute atomic E-state index is 0. The maximum atomic E-state index is 6.37. The summed E-state index contributed by atoms with van der Waals surface area (Å²) in [6.45, 7) is 13.0. The third kappa shape index (κ3) is 4.48. The quantitative estimate of drug-likeness (QED) is 0.278. The van der Waals surface area contributed by atoms with Crippen LogP contribution in [0.5, 0.6) is 0 Å². The van der Waals surface area contributed by atoms with Crippen LogP contribution in [0.2, 0.25) is 32.7 Å². The van der Waals surface area contributed by atoms with Gasteiger partial charge in [-0.3, -0.25) is 0 Å². The number of ether oxygens (including phenoxy) is 1. The Bertz CT molecular complexity index is 1360. The Morgan fingerprint density at radius 3 is 2.17 bits per heavy atom. The molecular weight excluding hydrogens is 599 g/mol. The molecule has 0 saturated carbocycles. The monoisotopic (exact) mass is 627 g/mol. The first kappa shape index (κ1) is 28.1. The molecule has 3 aliphatic rings. The fourth-order valence-electron chi connectivity index (χ4n) is 5.93. The van der Waals surface area contributed by atoms with Crippen LogP contribution in [0.1, 0.15) is 37.4 Å². The van der Waals surface area contributed by atoms with Crippen LogP contribution < -0.4 is 35.2 Å². The van der Waals surface area contributed by atoms with Gasteiger partial charge in [0.05, 0.1) is 0 Å². The van der Waals surface area contributed by atoms with Gasteiger partial charge in [-0.1, -0.05) is 0 Å². The predicted molar refractivity (Wildman–Crippen MR) is 142 cm³/mol. The minimum atomic E-state index is -1.53. The van der Waals surface area contributed by atoms with E-state index in [4.69, 9.17) is 9.16 Å². The molecule has 2 unspecified atom stereocenters. The zero-order valence-corrected chi connectivity index (χ0v) is 27.4. The first-order chi connectivity index (χ1) is 16.2. The van der Waals surface area contributed by atoms with Crippen LogP contribution in [0.3, 0.4) is 0 Å². The molecule has 0 spiro atoms. The molecule has 1 aliphatic heterocycles. The van der Waals surface area contributed by atoms with Crippen LogP contribution in [0.15, 0.2) is 60.7 Å². The third-order valence-corrected chi connectivity index (χ3v) is 13.4. The van der Waals surface area contributed by atoms with Crippen LogP contribution in [-0.4, -0.2) is 29.6 Å². The molecule has 2 nitrogen and oxygen atoms in total. The summed E-state index contributed by atoms with van der Waals surface area (Å²) < 4.78 is 12.9. The number of benzene rings is 3. The van der Waals surface area contributed by atoms with E-state index in [1.54, 1.807) is 46.2 Å². The molecule has 0 N–H and O–H groups in total. The summed E-state index contributed by atoms with van der Waals surface area (Å²) in [4.78, 5) is 0. The SMILES string of the molecule is C[Si](C)(C)OCCOC1=CC(c2c3c(cc4c2[Si]4(C)C)-c2ccccc2[CH]3[Zr+2])c2ccccc21.[Cl-].[Cl-]. The number of allylic oxidation sites excluding steroid dienone is 1. The summed E-state index contributed by atoms with van der Waals surface area (Å²) in [7, 11) is -3.01. The molecule has 0 bridgehead atoms. The Morgan fingerprint density at radius 1 is 0.833 bits per heavy atom. The number of fused-ring (bicyclic) bond motifs is 5. The number of halogens is 2. The van der Waals surface area contributed by atoms with Crippen LogP contribution in [0.25, 0.3) is 16.9 Å². The zero-order valence-electron chi connectivity index (χ0n) is 21.4. The van der Waals surface area contributed by atoms with E-state index in [1.807, 2.05) is 0 Å². The molecule has 3 aromatic rings. The van der Waals surface area contributed by atoms with Gasteiger partial charge in [0.1, 0.15) is 0 Å². The van der Waals surface area contributed by atoms with E-state index < -0.39 is 16.4 Å². The zero-order chi connectivity index (χ0) is 23.8. The fourth-order valence-corrected chi connectivity index (χ4v) is 11.4. The second-order valence-corrected chi connectivity index (χ2v) is 21.4. The maximum absolute atomic E-state index is 6.37. The second-order valence-electron chi connectivity index (χ2n) is 11.2. The summed E-state index contributed by atoms with van der Waals surface area (Å²) >= 11 is 1.58. The molecule has 2 atom stereocenters. The number of hydrogen-bond donors (Lipinski definition) is 0. The minimum Gasteiger partial charge on any atom is -1.00 e. The van der Waals surface area contributed by atoms with Crippen molar-refractivity contribution >= 4 is 32.5 Å². The van der Waals surface area contributed by atoms with Crippen molar-refractivity contribution in [1.29, 1.82) is 0 Å². The number of rotatable bonds is 6.